The van der Waals surface area contributed by atoms with Crippen LogP contribution >= 0.6 is 0 Å². The van der Waals surface area contributed by atoms with Gasteiger partial charge in [-0.05, 0) is 44.0 Å². The fraction of sp³-hybridized carbons (Fsp3) is 0.364. The number of amides is 3. The van der Waals surface area contributed by atoms with Crippen LogP contribution in [0.25, 0.3) is 0 Å². The number of carbonyl (C=O) groups excluding carboxylic acids is 4. The van der Waals surface area contributed by atoms with E-state index >= 15 is 0 Å². The minimum absolute atomic E-state index is 0.149. The van der Waals surface area contributed by atoms with Gasteiger partial charge in [0.05, 0.1) is 24.9 Å². The van der Waals surface area contributed by atoms with E-state index in [1.54, 1.807) is 39.0 Å². The first-order chi connectivity index (χ1) is 15.2. The lowest BCUT2D eigenvalue weighted by Gasteiger charge is -2.25. The van der Waals surface area contributed by atoms with Crippen molar-refractivity contribution in [3.8, 4) is 11.5 Å². The number of nitrogens with one attached hydrogen (secondary N) is 2. The van der Waals surface area contributed by atoms with Gasteiger partial charge < -0.3 is 24.5 Å². The van der Waals surface area contributed by atoms with Crippen molar-refractivity contribution in [2.45, 2.75) is 26.3 Å². The van der Waals surface area contributed by atoms with Gasteiger partial charge in [-0.2, -0.15) is 0 Å². The fourth-order valence-corrected chi connectivity index (χ4v) is 4.05. The van der Waals surface area contributed by atoms with Crippen molar-refractivity contribution in [2.24, 2.45) is 0 Å². The number of nitrogens with zero attached hydrogens (tertiary/aromatic N) is 1. The lowest BCUT2D eigenvalue weighted by atomic mass is 9.91. The molecule has 0 aliphatic carbocycles. The summed E-state index contributed by atoms with van der Waals surface area (Å²) in [7, 11) is 1.25. The number of hydrogen-bond acceptors (Lipinski definition) is 7. The highest BCUT2D eigenvalue weighted by Gasteiger charge is 2.50. The van der Waals surface area contributed by atoms with E-state index in [1.807, 2.05) is 0 Å². The van der Waals surface area contributed by atoms with Gasteiger partial charge in [0, 0.05) is 5.69 Å². The summed E-state index contributed by atoms with van der Waals surface area (Å²) in [5, 5.41) is 2.67. The van der Waals surface area contributed by atoms with Crippen LogP contribution in [0.5, 0.6) is 11.5 Å². The molecule has 1 unspecified atom stereocenters. The summed E-state index contributed by atoms with van der Waals surface area (Å²) >= 11 is 0. The zero-order valence-electron chi connectivity index (χ0n) is 18.2. The maximum absolute atomic E-state index is 13.2. The third-order valence-electron chi connectivity index (χ3n) is 5.80. The highest BCUT2D eigenvalue weighted by atomic mass is 16.6. The Morgan fingerprint density at radius 1 is 1.16 bits per heavy atom. The predicted octanol–water partition coefficient (Wildman–Crippen LogP) is 1.84. The van der Waals surface area contributed by atoms with Crippen LogP contribution in [0.3, 0.4) is 0 Å². The van der Waals surface area contributed by atoms with Gasteiger partial charge in [0.15, 0.2) is 17.3 Å². The van der Waals surface area contributed by atoms with Crippen LogP contribution in [0.1, 0.15) is 44.6 Å². The molecule has 10 heteroatoms. The second-order valence-corrected chi connectivity index (χ2v) is 7.84. The van der Waals surface area contributed by atoms with Crippen LogP contribution in [-0.4, -0.2) is 60.4 Å². The molecule has 1 atom stereocenters. The largest absolute Gasteiger partial charge is 0.486 e. The van der Waals surface area contributed by atoms with Crippen LogP contribution in [0, 0.1) is 13.8 Å². The van der Waals surface area contributed by atoms with Gasteiger partial charge in [0.25, 0.3) is 5.91 Å². The molecule has 1 fully saturated rings. The maximum Gasteiger partial charge on any atom is 0.339 e. The molecule has 0 saturated carbocycles. The molecule has 0 radical (unpaired) electrons. The molecule has 4 rings (SSSR count). The Morgan fingerprint density at radius 2 is 1.84 bits per heavy atom. The summed E-state index contributed by atoms with van der Waals surface area (Å²) < 4.78 is 15.8. The average Bonchev–Trinajstić information content (AvgIpc) is 3.20. The third-order valence-corrected chi connectivity index (χ3v) is 5.80. The summed E-state index contributed by atoms with van der Waals surface area (Å²) in [6.07, 6.45) is 0. The van der Waals surface area contributed by atoms with Crippen molar-refractivity contribution in [2.75, 3.05) is 26.9 Å². The molecule has 3 amide bonds. The Balaban J connectivity index is 1.59. The van der Waals surface area contributed by atoms with E-state index in [0.29, 0.717) is 41.5 Å². The molecule has 1 saturated heterocycles. The van der Waals surface area contributed by atoms with Gasteiger partial charge in [-0.15, -0.1) is 0 Å². The molecular weight excluding hydrogens is 418 g/mol. The Labute approximate surface area is 183 Å². The Hall–Kier alpha value is -3.82. The molecule has 168 valence electrons. The van der Waals surface area contributed by atoms with Gasteiger partial charge in [-0.25, -0.2) is 9.59 Å². The van der Waals surface area contributed by atoms with E-state index in [2.05, 4.69) is 10.3 Å². The zero-order valence-corrected chi connectivity index (χ0v) is 18.2. The van der Waals surface area contributed by atoms with E-state index in [-0.39, 0.29) is 11.3 Å². The first-order valence-corrected chi connectivity index (χ1v) is 10.0. The topological polar surface area (TPSA) is 127 Å². The van der Waals surface area contributed by atoms with Gasteiger partial charge in [0.2, 0.25) is 0 Å². The summed E-state index contributed by atoms with van der Waals surface area (Å²) in [6.45, 7) is 5.16. The predicted molar refractivity (Wildman–Crippen MR) is 111 cm³/mol. The van der Waals surface area contributed by atoms with Crippen LogP contribution < -0.4 is 14.8 Å². The number of carbonyl (C=O) groups is 4. The van der Waals surface area contributed by atoms with E-state index in [4.69, 9.17) is 14.2 Å². The van der Waals surface area contributed by atoms with Gasteiger partial charge in [-0.3, -0.25) is 14.5 Å². The molecule has 1 aromatic carbocycles. The first kappa shape index (κ1) is 21.4. The van der Waals surface area contributed by atoms with Crippen molar-refractivity contribution in [1.29, 1.82) is 0 Å². The zero-order chi connectivity index (χ0) is 23.2. The molecule has 2 aliphatic rings. The van der Waals surface area contributed by atoms with E-state index in [9.17, 15) is 19.2 Å². The number of rotatable bonds is 5. The number of methoxy groups -OCH3 is 1. The van der Waals surface area contributed by atoms with Crippen LogP contribution in [-0.2, 0) is 15.1 Å². The standard InChI is InChI=1S/C22H23N3O7/c1-11-17(19(27)30-4)12(2)23-18(11)14(26)10-25-20(28)22(3,24-21(25)29)13-5-6-15-16(9-13)32-8-7-31-15/h5-6,9,23H,7-8,10H2,1-4H3,(H,24,29). The summed E-state index contributed by atoms with van der Waals surface area (Å²) in [6, 6.07) is 4.33. The van der Waals surface area contributed by atoms with Crippen molar-refractivity contribution in [1.82, 2.24) is 15.2 Å². The molecule has 3 heterocycles. The van der Waals surface area contributed by atoms with Crippen molar-refractivity contribution in [3.05, 3.63) is 46.3 Å². The number of Topliss-reactive ketones (excluding diaryl/α,β-unsaturated/α-hetero) is 1. The molecule has 2 N–H and O–H groups in total. The van der Waals surface area contributed by atoms with Crippen molar-refractivity contribution < 1.29 is 33.4 Å². The number of fused-ring (bicyclic) bond motifs is 1. The Morgan fingerprint density at radius 3 is 2.53 bits per heavy atom. The molecule has 0 bridgehead atoms. The summed E-state index contributed by atoms with van der Waals surface area (Å²) in [5.41, 5.74) is 0.419. The number of esters is 1. The molecule has 2 aliphatic heterocycles. The SMILES string of the molecule is COC(=O)c1c(C)[nH]c(C(=O)CN2C(=O)NC(C)(c3ccc4c(c3)OCCO4)C2=O)c1C. The molecule has 1 aromatic heterocycles. The monoisotopic (exact) mass is 441 g/mol. The van der Waals surface area contributed by atoms with Gasteiger partial charge in [0.1, 0.15) is 18.8 Å². The number of imide groups is 1. The number of ketones is 1. The van der Waals surface area contributed by atoms with Crippen molar-refractivity contribution >= 4 is 23.7 Å². The van der Waals surface area contributed by atoms with Gasteiger partial charge in [-0.1, -0.05) is 6.07 Å². The lowest BCUT2D eigenvalue weighted by Crippen LogP contribution is -2.41. The number of aromatic amines is 1. The second-order valence-electron chi connectivity index (χ2n) is 7.84. The molecule has 0 spiro atoms. The summed E-state index contributed by atoms with van der Waals surface area (Å²) in [4.78, 5) is 54.5. The Kier molecular flexibility index (Phi) is 5.15. The van der Waals surface area contributed by atoms with Crippen LogP contribution in [0.4, 0.5) is 4.79 Å². The van der Waals surface area contributed by atoms with E-state index in [1.165, 1.54) is 7.11 Å². The maximum atomic E-state index is 13.2. The third kappa shape index (κ3) is 3.28. The molecule has 32 heavy (non-hydrogen) atoms. The molecule has 10 nitrogen and oxygen atoms in total. The fourth-order valence-electron chi connectivity index (χ4n) is 4.05. The van der Waals surface area contributed by atoms with E-state index in [0.717, 1.165) is 4.90 Å². The van der Waals surface area contributed by atoms with E-state index < -0.39 is 35.8 Å². The number of ether oxygens (including phenoxy) is 3. The number of hydrogen-bond donors (Lipinski definition) is 2. The Bertz CT molecular complexity index is 1150. The van der Waals surface area contributed by atoms with Crippen molar-refractivity contribution in [3.63, 3.8) is 0 Å². The van der Waals surface area contributed by atoms with Gasteiger partial charge >= 0.3 is 12.0 Å². The number of urea groups is 1. The highest BCUT2D eigenvalue weighted by Crippen LogP contribution is 2.37. The van der Waals surface area contributed by atoms with Crippen LogP contribution in [0.2, 0.25) is 0 Å². The normalized spacial score (nSPS) is 19.7. The minimum Gasteiger partial charge on any atom is -0.486 e. The first-order valence-electron chi connectivity index (χ1n) is 10.0. The smallest absolute Gasteiger partial charge is 0.339 e. The molecular formula is C22H23N3O7. The number of H-pyrrole nitrogens is 1. The second kappa shape index (κ2) is 7.70. The van der Waals surface area contributed by atoms with Crippen LogP contribution in [0.15, 0.2) is 18.2 Å². The number of aryl methyl sites for hydroxylation is 1. The number of benzene rings is 1. The summed E-state index contributed by atoms with van der Waals surface area (Å²) in [5.74, 6) is -0.598. The lowest BCUT2D eigenvalue weighted by molar-refractivity contribution is -0.130. The molecule has 2 aromatic rings. The minimum atomic E-state index is -1.37. The quantitative estimate of drug-likeness (QED) is 0.412. The number of aromatic nitrogens is 1. The highest BCUT2D eigenvalue weighted by molar-refractivity contribution is 6.11. The average molecular weight is 441 g/mol.